The summed E-state index contributed by atoms with van der Waals surface area (Å²) in [4.78, 5) is 2.04. The molecule has 0 atom stereocenters. The van der Waals surface area contributed by atoms with Gasteiger partial charge in [-0.25, -0.2) is 0 Å². The van der Waals surface area contributed by atoms with E-state index in [-0.39, 0.29) is 0 Å². The molecule has 1 nitrogen and oxygen atoms in total. The van der Waals surface area contributed by atoms with Gasteiger partial charge >= 0.3 is 0 Å². The molecular weight excluding hydrogens is 146 g/mol. The minimum Gasteiger partial charge on any atom is -0.353 e. The van der Waals surface area contributed by atoms with Gasteiger partial charge in [-0.2, -0.15) is 0 Å². The molecule has 12 heavy (non-hydrogen) atoms. The van der Waals surface area contributed by atoms with Crippen molar-refractivity contribution in [1.29, 1.82) is 0 Å². The van der Waals surface area contributed by atoms with Crippen LogP contribution in [0.25, 0.3) is 0 Å². The Hall–Kier alpha value is -1.24. The number of allylic oxidation sites excluding steroid dienone is 6. The molecule has 0 spiro atoms. The van der Waals surface area contributed by atoms with Crippen molar-refractivity contribution in [3.05, 3.63) is 48.9 Å². The van der Waals surface area contributed by atoms with Gasteiger partial charge in [0.25, 0.3) is 0 Å². The lowest BCUT2D eigenvalue weighted by atomic mass is 10.3. The molecule has 0 N–H and O–H groups in total. The molecule has 0 heterocycles. The van der Waals surface area contributed by atoms with Crippen LogP contribution in [0.5, 0.6) is 0 Å². The maximum atomic E-state index is 3.85. The lowest BCUT2D eigenvalue weighted by Gasteiger charge is -2.18. The fourth-order valence-electron chi connectivity index (χ4n) is 0.686. The van der Waals surface area contributed by atoms with Crippen molar-refractivity contribution in [1.82, 2.24) is 4.90 Å². The average molecular weight is 163 g/mol. The molecule has 1 heteroatoms. The molecule has 0 bridgehead atoms. The summed E-state index contributed by atoms with van der Waals surface area (Å²) in [6, 6.07) is 0. The molecule has 0 unspecified atom stereocenters. The third-order valence-electron chi connectivity index (χ3n) is 1.69. The molecule has 0 saturated heterocycles. The van der Waals surface area contributed by atoms with E-state index in [0.717, 1.165) is 5.70 Å². The second-order valence-electron chi connectivity index (χ2n) is 2.72. The van der Waals surface area contributed by atoms with Crippen LogP contribution in [0, 0.1) is 0 Å². The van der Waals surface area contributed by atoms with E-state index < -0.39 is 0 Å². The summed E-state index contributed by atoms with van der Waals surface area (Å²) in [5.74, 6) is 0. The van der Waals surface area contributed by atoms with E-state index in [2.05, 4.69) is 13.2 Å². The first-order valence-electron chi connectivity index (χ1n) is 3.94. The Morgan fingerprint density at radius 1 is 1.25 bits per heavy atom. The minimum absolute atomic E-state index is 1.04. The molecular formula is C11H17N. The van der Waals surface area contributed by atoms with Gasteiger partial charge in [0.05, 0.1) is 0 Å². The van der Waals surface area contributed by atoms with E-state index in [4.69, 9.17) is 0 Å². The quantitative estimate of drug-likeness (QED) is 0.576. The van der Waals surface area contributed by atoms with Crippen LogP contribution in [0.1, 0.15) is 13.8 Å². The first kappa shape index (κ1) is 10.8. The van der Waals surface area contributed by atoms with Crippen molar-refractivity contribution in [2.24, 2.45) is 0 Å². The number of rotatable bonds is 4. The molecule has 0 aliphatic rings. The third-order valence-corrected chi connectivity index (χ3v) is 1.69. The molecule has 0 fully saturated rings. The molecule has 0 aliphatic carbocycles. The van der Waals surface area contributed by atoms with E-state index in [0.29, 0.717) is 0 Å². The van der Waals surface area contributed by atoms with Gasteiger partial charge in [-0.3, -0.25) is 0 Å². The zero-order valence-corrected chi connectivity index (χ0v) is 8.17. The third kappa shape index (κ3) is 3.81. The Morgan fingerprint density at radius 2 is 1.83 bits per heavy atom. The first-order chi connectivity index (χ1) is 5.59. The minimum atomic E-state index is 1.04. The van der Waals surface area contributed by atoms with Gasteiger partial charge in [-0.1, -0.05) is 31.4 Å². The largest absolute Gasteiger partial charge is 0.353 e. The monoisotopic (exact) mass is 163 g/mol. The summed E-state index contributed by atoms with van der Waals surface area (Å²) < 4.78 is 0. The summed E-state index contributed by atoms with van der Waals surface area (Å²) in [6.45, 7) is 11.5. The molecule has 0 saturated carbocycles. The van der Waals surface area contributed by atoms with Crippen LogP contribution in [0.3, 0.4) is 0 Å². The Kier molecular flexibility index (Phi) is 4.86. The zero-order valence-electron chi connectivity index (χ0n) is 8.17. The Bertz CT molecular complexity index is 221. The van der Waals surface area contributed by atoms with Crippen LogP contribution in [0.15, 0.2) is 48.9 Å². The van der Waals surface area contributed by atoms with Crippen molar-refractivity contribution < 1.29 is 0 Å². The van der Waals surface area contributed by atoms with Crippen LogP contribution in [0.4, 0.5) is 0 Å². The van der Waals surface area contributed by atoms with Crippen LogP contribution >= 0.6 is 0 Å². The van der Waals surface area contributed by atoms with Gasteiger partial charge in [-0.05, 0) is 19.9 Å². The highest BCUT2D eigenvalue weighted by molar-refractivity contribution is 5.15. The zero-order chi connectivity index (χ0) is 9.56. The standard InChI is InChI=1S/C11H17N/c1-6-7-8-9-11(4)12(5)10(2)3/h6-9H,1-2H2,3-5H3/b8-7-,11-9+. The number of nitrogens with zero attached hydrogens (tertiary/aromatic N) is 1. The summed E-state index contributed by atoms with van der Waals surface area (Å²) in [5, 5.41) is 0. The average Bonchev–Trinajstić information content (AvgIpc) is 2.03. The lowest BCUT2D eigenvalue weighted by Crippen LogP contribution is -2.11. The van der Waals surface area contributed by atoms with E-state index in [1.165, 1.54) is 5.70 Å². The first-order valence-corrected chi connectivity index (χ1v) is 3.94. The molecule has 0 aliphatic heterocycles. The van der Waals surface area contributed by atoms with Gasteiger partial charge < -0.3 is 4.90 Å². The van der Waals surface area contributed by atoms with Gasteiger partial charge in [-0.15, -0.1) is 0 Å². The maximum absolute atomic E-state index is 3.85. The second-order valence-corrected chi connectivity index (χ2v) is 2.72. The normalized spacial score (nSPS) is 11.8. The maximum Gasteiger partial charge on any atom is 0.0142 e. The highest BCUT2D eigenvalue weighted by atomic mass is 15.1. The highest BCUT2D eigenvalue weighted by Gasteiger charge is 1.95. The predicted molar refractivity (Wildman–Crippen MR) is 55.7 cm³/mol. The number of hydrogen-bond acceptors (Lipinski definition) is 1. The Morgan fingerprint density at radius 3 is 2.25 bits per heavy atom. The lowest BCUT2D eigenvalue weighted by molar-refractivity contribution is 0.524. The topological polar surface area (TPSA) is 3.24 Å². The molecule has 0 radical (unpaired) electrons. The SMILES string of the molecule is C=C/C=C\C=C(/C)N(C)C(=C)C. The molecule has 0 rings (SSSR count). The van der Waals surface area contributed by atoms with E-state index in [1.807, 2.05) is 44.0 Å². The van der Waals surface area contributed by atoms with Crippen molar-refractivity contribution in [3.63, 3.8) is 0 Å². The van der Waals surface area contributed by atoms with Crippen LogP contribution in [0.2, 0.25) is 0 Å². The fraction of sp³-hybridized carbons (Fsp3) is 0.273. The summed E-state index contributed by atoms with van der Waals surface area (Å²) in [6.07, 6.45) is 7.64. The summed E-state index contributed by atoms with van der Waals surface area (Å²) >= 11 is 0. The van der Waals surface area contributed by atoms with E-state index in [9.17, 15) is 0 Å². The van der Waals surface area contributed by atoms with Crippen molar-refractivity contribution in [2.75, 3.05) is 7.05 Å². The summed E-state index contributed by atoms with van der Waals surface area (Å²) in [7, 11) is 2.00. The van der Waals surface area contributed by atoms with Gasteiger partial charge in [0, 0.05) is 18.4 Å². The smallest absolute Gasteiger partial charge is 0.0142 e. The fourth-order valence-corrected chi connectivity index (χ4v) is 0.686. The molecule has 0 aromatic rings. The van der Waals surface area contributed by atoms with E-state index in [1.54, 1.807) is 6.08 Å². The van der Waals surface area contributed by atoms with Gasteiger partial charge in [0.15, 0.2) is 0 Å². The van der Waals surface area contributed by atoms with Gasteiger partial charge in [0.2, 0.25) is 0 Å². The van der Waals surface area contributed by atoms with E-state index >= 15 is 0 Å². The molecule has 66 valence electrons. The second kappa shape index (κ2) is 5.42. The summed E-state index contributed by atoms with van der Waals surface area (Å²) in [5.41, 5.74) is 2.20. The van der Waals surface area contributed by atoms with Crippen molar-refractivity contribution in [3.8, 4) is 0 Å². The van der Waals surface area contributed by atoms with Crippen LogP contribution < -0.4 is 0 Å². The van der Waals surface area contributed by atoms with Crippen LogP contribution in [-0.4, -0.2) is 11.9 Å². The molecule has 0 aromatic heterocycles. The molecule has 0 aromatic carbocycles. The number of hydrogen-bond donors (Lipinski definition) is 0. The molecule has 0 amide bonds. The van der Waals surface area contributed by atoms with Crippen molar-refractivity contribution >= 4 is 0 Å². The van der Waals surface area contributed by atoms with Crippen LogP contribution in [-0.2, 0) is 0 Å². The Labute approximate surface area is 75.4 Å². The van der Waals surface area contributed by atoms with Gasteiger partial charge in [0.1, 0.15) is 0 Å². The predicted octanol–water partition coefficient (Wildman–Crippen LogP) is 3.10. The Balaban J connectivity index is 4.26. The highest BCUT2D eigenvalue weighted by Crippen LogP contribution is 2.06. The van der Waals surface area contributed by atoms with Crippen molar-refractivity contribution in [2.45, 2.75) is 13.8 Å².